The molecule has 2 rings (SSSR count). The summed E-state index contributed by atoms with van der Waals surface area (Å²) < 4.78 is 5.26. The third kappa shape index (κ3) is 3.36. The van der Waals surface area contributed by atoms with E-state index in [1.54, 1.807) is 29.2 Å². The van der Waals surface area contributed by atoms with Gasteiger partial charge < -0.3 is 15.0 Å². The second-order valence-electron chi connectivity index (χ2n) is 4.76. The van der Waals surface area contributed by atoms with Crippen LogP contribution in [0, 0.1) is 5.92 Å². The molecule has 5 nitrogen and oxygen atoms in total. The van der Waals surface area contributed by atoms with Crippen LogP contribution in [0.15, 0.2) is 30.9 Å². The SMILES string of the molecule is C=CCNC(=O)[C@@H]1CC(=O)N(c2cc(Cl)ccc2OC)C1. The first-order valence-electron chi connectivity index (χ1n) is 6.59. The molecule has 1 N–H and O–H groups in total. The molecule has 1 fully saturated rings. The summed E-state index contributed by atoms with van der Waals surface area (Å²) in [5.41, 5.74) is 0.592. The van der Waals surface area contributed by atoms with Crippen molar-refractivity contribution in [2.75, 3.05) is 25.1 Å². The molecule has 0 radical (unpaired) electrons. The van der Waals surface area contributed by atoms with Crippen molar-refractivity contribution in [2.45, 2.75) is 6.42 Å². The molecule has 0 bridgehead atoms. The van der Waals surface area contributed by atoms with Gasteiger partial charge in [-0.05, 0) is 18.2 Å². The standard InChI is InChI=1S/C15H17ClN2O3/c1-3-6-17-15(20)10-7-14(19)18(9-10)12-8-11(16)4-5-13(12)21-2/h3-5,8,10H,1,6-7,9H2,2H3,(H,17,20)/t10-/m1/s1. The van der Waals surface area contributed by atoms with E-state index >= 15 is 0 Å². The van der Waals surface area contributed by atoms with Gasteiger partial charge in [0.15, 0.2) is 0 Å². The van der Waals surface area contributed by atoms with Crippen LogP contribution in [0.5, 0.6) is 5.75 Å². The van der Waals surface area contributed by atoms with Crippen LogP contribution in [0.1, 0.15) is 6.42 Å². The zero-order valence-corrected chi connectivity index (χ0v) is 12.5. The normalized spacial score (nSPS) is 17.7. The number of halogens is 1. The Balaban J connectivity index is 2.18. The molecule has 0 aromatic heterocycles. The van der Waals surface area contributed by atoms with Gasteiger partial charge in [-0.3, -0.25) is 9.59 Å². The summed E-state index contributed by atoms with van der Waals surface area (Å²) in [5, 5.41) is 3.23. The Morgan fingerprint density at radius 1 is 1.62 bits per heavy atom. The predicted molar refractivity (Wildman–Crippen MR) is 81.7 cm³/mol. The van der Waals surface area contributed by atoms with Gasteiger partial charge in [0.2, 0.25) is 11.8 Å². The van der Waals surface area contributed by atoms with Gasteiger partial charge in [0.05, 0.1) is 18.7 Å². The number of benzene rings is 1. The molecule has 1 aromatic rings. The number of carbonyl (C=O) groups excluding carboxylic acids is 2. The molecule has 0 spiro atoms. The van der Waals surface area contributed by atoms with Gasteiger partial charge in [0, 0.05) is 24.5 Å². The Morgan fingerprint density at radius 3 is 3.05 bits per heavy atom. The Kier molecular flexibility index (Phi) is 4.85. The molecular weight excluding hydrogens is 292 g/mol. The van der Waals surface area contributed by atoms with Crippen LogP contribution in [0.25, 0.3) is 0 Å². The summed E-state index contributed by atoms with van der Waals surface area (Å²) in [5.74, 6) is -0.0814. The van der Waals surface area contributed by atoms with E-state index in [1.165, 1.54) is 7.11 Å². The van der Waals surface area contributed by atoms with Crippen molar-refractivity contribution in [3.05, 3.63) is 35.9 Å². The monoisotopic (exact) mass is 308 g/mol. The van der Waals surface area contributed by atoms with Crippen molar-refractivity contribution in [3.63, 3.8) is 0 Å². The first kappa shape index (κ1) is 15.4. The fourth-order valence-electron chi connectivity index (χ4n) is 2.31. The van der Waals surface area contributed by atoms with E-state index in [2.05, 4.69) is 11.9 Å². The molecule has 0 unspecified atom stereocenters. The molecular formula is C15H17ClN2O3. The highest BCUT2D eigenvalue weighted by Gasteiger charge is 2.36. The predicted octanol–water partition coefficient (Wildman–Crippen LogP) is 2.00. The smallest absolute Gasteiger partial charge is 0.227 e. The first-order valence-corrected chi connectivity index (χ1v) is 6.97. The topological polar surface area (TPSA) is 58.6 Å². The van der Waals surface area contributed by atoms with Crippen molar-refractivity contribution < 1.29 is 14.3 Å². The van der Waals surface area contributed by atoms with E-state index in [-0.39, 0.29) is 24.2 Å². The molecule has 112 valence electrons. The number of nitrogens with one attached hydrogen (secondary N) is 1. The van der Waals surface area contributed by atoms with Crippen molar-refractivity contribution in [2.24, 2.45) is 5.92 Å². The molecule has 1 aromatic carbocycles. The number of nitrogens with zero attached hydrogens (tertiary/aromatic N) is 1. The zero-order valence-electron chi connectivity index (χ0n) is 11.8. The summed E-state index contributed by atoms with van der Waals surface area (Å²) in [6.45, 7) is 4.26. The van der Waals surface area contributed by atoms with Crippen LogP contribution in [0.3, 0.4) is 0 Å². The van der Waals surface area contributed by atoms with E-state index < -0.39 is 0 Å². The van der Waals surface area contributed by atoms with Crippen LogP contribution >= 0.6 is 11.6 Å². The van der Waals surface area contributed by atoms with E-state index in [1.807, 2.05) is 0 Å². The summed E-state index contributed by atoms with van der Waals surface area (Å²) in [4.78, 5) is 25.7. The van der Waals surface area contributed by atoms with Crippen molar-refractivity contribution >= 4 is 29.1 Å². The fraction of sp³-hybridized carbons (Fsp3) is 0.333. The molecule has 1 heterocycles. The number of methoxy groups -OCH3 is 1. The lowest BCUT2D eigenvalue weighted by Crippen LogP contribution is -2.33. The van der Waals surface area contributed by atoms with Gasteiger partial charge in [0.25, 0.3) is 0 Å². The maximum atomic E-state index is 12.2. The van der Waals surface area contributed by atoms with Crippen molar-refractivity contribution in [3.8, 4) is 5.75 Å². The third-order valence-corrected chi connectivity index (χ3v) is 3.58. The summed E-state index contributed by atoms with van der Waals surface area (Å²) in [7, 11) is 1.53. The maximum absolute atomic E-state index is 12.2. The zero-order chi connectivity index (χ0) is 15.4. The maximum Gasteiger partial charge on any atom is 0.227 e. The Bertz CT molecular complexity index is 574. The van der Waals surface area contributed by atoms with Gasteiger partial charge in [-0.25, -0.2) is 0 Å². The Hall–Kier alpha value is -2.01. The lowest BCUT2D eigenvalue weighted by molar-refractivity contribution is -0.126. The molecule has 1 saturated heterocycles. The van der Waals surface area contributed by atoms with Crippen molar-refractivity contribution in [1.29, 1.82) is 0 Å². The van der Waals surface area contributed by atoms with E-state index in [4.69, 9.17) is 16.3 Å². The Morgan fingerprint density at radius 2 is 2.38 bits per heavy atom. The molecule has 2 amide bonds. The van der Waals surface area contributed by atoms with E-state index in [0.717, 1.165) is 0 Å². The molecule has 0 aliphatic carbocycles. The number of amides is 2. The van der Waals surface area contributed by atoms with Crippen LogP contribution < -0.4 is 15.0 Å². The van der Waals surface area contributed by atoms with Crippen LogP contribution in [-0.4, -0.2) is 32.0 Å². The summed E-state index contributed by atoms with van der Waals surface area (Å²) in [6.07, 6.45) is 1.78. The molecule has 1 atom stereocenters. The van der Waals surface area contributed by atoms with Gasteiger partial charge in [-0.15, -0.1) is 6.58 Å². The largest absolute Gasteiger partial charge is 0.495 e. The van der Waals surface area contributed by atoms with Crippen LogP contribution in [0.2, 0.25) is 5.02 Å². The van der Waals surface area contributed by atoms with Gasteiger partial charge in [-0.2, -0.15) is 0 Å². The second-order valence-corrected chi connectivity index (χ2v) is 5.19. The fourth-order valence-corrected chi connectivity index (χ4v) is 2.47. The molecule has 21 heavy (non-hydrogen) atoms. The quantitative estimate of drug-likeness (QED) is 0.847. The molecule has 1 aliphatic rings. The lowest BCUT2D eigenvalue weighted by atomic mass is 10.1. The minimum atomic E-state index is -0.374. The van der Waals surface area contributed by atoms with Gasteiger partial charge in [-0.1, -0.05) is 17.7 Å². The van der Waals surface area contributed by atoms with Crippen LogP contribution in [-0.2, 0) is 9.59 Å². The molecule has 1 aliphatic heterocycles. The number of hydrogen-bond acceptors (Lipinski definition) is 3. The second kappa shape index (κ2) is 6.63. The average molecular weight is 309 g/mol. The highest BCUT2D eigenvalue weighted by molar-refractivity contribution is 6.31. The van der Waals surface area contributed by atoms with E-state index in [9.17, 15) is 9.59 Å². The third-order valence-electron chi connectivity index (χ3n) is 3.35. The molecule has 0 saturated carbocycles. The number of anilines is 1. The molecule has 6 heteroatoms. The minimum absolute atomic E-state index is 0.116. The Labute approximate surface area is 128 Å². The van der Waals surface area contributed by atoms with E-state index in [0.29, 0.717) is 29.5 Å². The number of rotatable bonds is 5. The van der Waals surface area contributed by atoms with Gasteiger partial charge in [0.1, 0.15) is 5.75 Å². The summed E-state index contributed by atoms with van der Waals surface area (Å²) >= 11 is 5.98. The summed E-state index contributed by atoms with van der Waals surface area (Å²) in [6, 6.07) is 5.07. The van der Waals surface area contributed by atoms with Crippen molar-refractivity contribution in [1.82, 2.24) is 5.32 Å². The number of carbonyl (C=O) groups is 2. The highest BCUT2D eigenvalue weighted by atomic mass is 35.5. The first-order chi connectivity index (χ1) is 10.1. The minimum Gasteiger partial charge on any atom is -0.495 e. The average Bonchev–Trinajstić information content (AvgIpc) is 2.86. The number of ether oxygens (including phenoxy) is 1. The van der Waals surface area contributed by atoms with Crippen LogP contribution in [0.4, 0.5) is 5.69 Å². The lowest BCUT2D eigenvalue weighted by Gasteiger charge is -2.19. The van der Waals surface area contributed by atoms with Gasteiger partial charge >= 0.3 is 0 Å². The number of hydrogen-bond donors (Lipinski definition) is 1. The highest BCUT2D eigenvalue weighted by Crippen LogP contribution is 2.35.